The summed E-state index contributed by atoms with van der Waals surface area (Å²) >= 11 is 0. The number of nitrogens with two attached hydrogens (primary N) is 1. The zero-order valence-corrected chi connectivity index (χ0v) is 45.7. The number of phosphoric ester groups is 2. The van der Waals surface area contributed by atoms with Crippen molar-refractivity contribution in [2.75, 3.05) is 25.6 Å². The second kappa shape index (κ2) is 39.5. The van der Waals surface area contributed by atoms with Crippen molar-refractivity contribution < 1.29 is 71.4 Å². The molecule has 420 valence electrons. The number of carbonyl (C=O) groups is 2. The van der Waals surface area contributed by atoms with Crippen LogP contribution < -0.4 is 11.4 Å². The molecule has 0 spiro atoms. The molecule has 1 fully saturated rings. The number of hydrogen-bond acceptors (Lipinski definition) is 16. The summed E-state index contributed by atoms with van der Waals surface area (Å²) in [5.41, 5.74) is 4.57. The first kappa shape index (κ1) is 66.3. The van der Waals surface area contributed by atoms with E-state index >= 15 is 0 Å². The summed E-state index contributed by atoms with van der Waals surface area (Å²) < 4.78 is 56.6. The number of nitrogens with zero attached hydrogens (tertiary/aromatic N) is 2. The number of aliphatic hydroxyl groups excluding tert-OH is 3. The number of esters is 2. The van der Waals surface area contributed by atoms with Gasteiger partial charge in [-0.1, -0.05) is 177 Å². The highest BCUT2D eigenvalue weighted by Crippen LogP contribution is 2.60. The van der Waals surface area contributed by atoms with Gasteiger partial charge in [0.25, 0.3) is 0 Å². The third kappa shape index (κ3) is 32.6. The molecule has 1 aromatic rings. The lowest BCUT2D eigenvalue weighted by Gasteiger charge is -2.21. The molecule has 0 aliphatic carbocycles. The summed E-state index contributed by atoms with van der Waals surface area (Å²) in [7, 11) is -10.9. The maximum absolute atomic E-state index is 12.9. The molecule has 1 aliphatic heterocycles. The molecular formula is C53H87N3O16P2. The third-order valence-corrected chi connectivity index (χ3v) is 14.2. The van der Waals surface area contributed by atoms with Gasteiger partial charge in [0.1, 0.15) is 30.7 Å². The maximum atomic E-state index is 12.9. The fourth-order valence-corrected chi connectivity index (χ4v) is 9.60. The summed E-state index contributed by atoms with van der Waals surface area (Å²) in [4.78, 5) is 62.0. The molecule has 0 saturated carbocycles. The Labute approximate surface area is 438 Å². The van der Waals surface area contributed by atoms with Gasteiger partial charge in [-0.05, 0) is 56.9 Å². The predicted octanol–water partition coefficient (Wildman–Crippen LogP) is 10.1. The van der Waals surface area contributed by atoms with Crippen molar-refractivity contribution in [1.82, 2.24) is 9.55 Å². The summed E-state index contributed by atoms with van der Waals surface area (Å²) in [6.07, 6.45) is 36.0. The van der Waals surface area contributed by atoms with Gasteiger partial charge in [0.2, 0.25) is 0 Å². The van der Waals surface area contributed by atoms with Crippen molar-refractivity contribution in [1.29, 1.82) is 0 Å². The zero-order valence-electron chi connectivity index (χ0n) is 43.9. The zero-order chi connectivity index (χ0) is 54.5. The van der Waals surface area contributed by atoms with Gasteiger partial charge in [-0.3, -0.25) is 23.2 Å². The highest BCUT2D eigenvalue weighted by Gasteiger charge is 2.46. The topological polar surface area (TPSA) is 286 Å². The molecule has 19 nitrogen and oxygen atoms in total. The van der Waals surface area contributed by atoms with Crippen LogP contribution in [0, 0.1) is 5.92 Å². The van der Waals surface area contributed by atoms with Crippen molar-refractivity contribution in [3.05, 3.63) is 95.7 Å². The van der Waals surface area contributed by atoms with E-state index in [1.807, 2.05) is 12.2 Å². The van der Waals surface area contributed by atoms with Crippen LogP contribution in [-0.4, -0.2) is 96.9 Å². The number of carbonyl (C=O) groups excluding carboxylic acids is 2. The van der Waals surface area contributed by atoms with E-state index in [9.17, 15) is 48.6 Å². The van der Waals surface area contributed by atoms with Gasteiger partial charge in [0.15, 0.2) is 12.3 Å². The van der Waals surface area contributed by atoms with Gasteiger partial charge in [0, 0.05) is 19.0 Å². The highest BCUT2D eigenvalue weighted by molar-refractivity contribution is 7.61. The molecule has 2 heterocycles. The predicted molar refractivity (Wildman–Crippen MR) is 285 cm³/mol. The van der Waals surface area contributed by atoms with Crippen LogP contribution in [0.5, 0.6) is 0 Å². The second-order valence-corrected chi connectivity index (χ2v) is 21.7. The number of nitrogen functional groups attached to an aromatic ring is 1. The molecule has 8 atom stereocenters. The quantitative estimate of drug-likeness (QED) is 0.0117. The molecule has 3 unspecified atom stereocenters. The Bertz CT molecular complexity index is 2060. The van der Waals surface area contributed by atoms with Crippen LogP contribution in [0.1, 0.15) is 168 Å². The Morgan fingerprint density at radius 2 is 1.27 bits per heavy atom. The molecule has 1 aliphatic rings. The van der Waals surface area contributed by atoms with Gasteiger partial charge in [-0.25, -0.2) is 13.9 Å². The molecule has 21 heteroatoms. The first-order chi connectivity index (χ1) is 35.4. The summed E-state index contributed by atoms with van der Waals surface area (Å²) in [5, 5.41) is 31.3. The number of rotatable bonds is 42. The number of phosphoric acid groups is 2. The van der Waals surface area contributed by atoms with Crippen LogP contribution in [-0.2, 0) is 46.3 Å². The molecule has 74 heavy (non-hydrogen) atoms. The smallest absolute Gasteiger partial charge is 0.462 e. The third-order valence-electron chi connectivity index (χ3n) is 11.6. The van der Waals surface area contributed by atoms with Gasteiger partial charge in [-0.15, -0.1) is 0 Å². The number of aromatic nitrogens is 2. The first-order valence-electron chi connectivity index (χ1n) is 26.4. The fourth-order valence-electron chi connectivity index (χ4n) is 7.49. The van der Waals surface area contributed by atoms with Crippen molar-refractivity contribution in [3.63, 3.8) is 0 Å². The molecule has 0 aromatic carbocycles. The average molecular weight is 1080 g/mol. The van der Waals surface area contributed by atoms with Gasteiger partial charge in [-0.2, -0.15) is 9.29 Å². The van der Waals surface area contributed by atoms with Crippen LogP contribution in [0.15, 0.2) is 90.0 Å². The number of hydrogen-bond donors (Lipinski definition) is 6. The first-order valence-corrected chi connectivity index (χ1v) is 29.4. The number of ether oxygens (including phenoxy) is 3. The molecular weight excluding hydrogens is 997 g/mol. The summed E-state index contributed by atoms with van der Waals surface area (Å²) in [6.45, 7) is 4.12. The lowest BCUT2D eigenvalue weighted by molar-refractivity contribution is -0.161. The van der Waals surface area contributed by atoms with Crippen LogP contribution in [0.2, 0.25) is 0 Å². The summed E-state index contributed by atoms with van der Waals surface area (Å²) in [6, 6.07) is 1.24. The van der Waals surface area contributed by atoms with E-state index in [0.29, 0.717) is 12.8 Å². The van der Waals surface area contributed by atoms with E-state index in [1.54, 1.807) is 12.2 Å². The molecule has 2 rings (SSSR count). The van der Waals surface area contributed by atoms with Crippen LogP contribution in [0.3, 0.4) is 0 Å². The lowest BCUT2D eigenvalue weighted by Crippen LogP contribution is -2.36. The van der Waals surface area contributed by atoms with Crippen LogP contribution in [0.4, 0.5) is 5.82 Å². The van der Waals surface area contributed by atoms with E-state index in [-0.39, 0.29) is 25.1 Å². The summed E-state index contributed by atoms with van der Waals surface area (Å²) in [5.74, 6) is -0.819. The minimum Gasteiger partial charge on any atom is -0.462 e. The lowest BCUT2D eigenvalue weighted by atomic mass is 10.0. The fraction of sp³-hybridized carbons (Fsp3) is 0.660. The minimum atomic E-state index is -5.48. The van der Waals surface area contributed by atoms with Crippen LogP contribution in [0.25, 0.3) is 0 Å². The maximum Gasteiger partial charge on any atom is 0.481 e. The Morgan fingerprint density at radius 1 is 0.730 bits per heavy atom. The number of unbranched alkanes of at least 4 members (excludes halogenated alkanes) is 12. The van der Waals surface area contributed by atoms with E-state index < -0.39 is 89.8 Å². The normalized spacial score (nSPS) is 20.0. The Morgan fingerprint density at radius 3 is 1.84 bits per heavy atom. The molecule has 7 N–H and O–H groups in total. The Kier molecular flexibility index (Phi) is 35.4. The van der Waals surface area contributed by atoms with Crippen molar-refractivity contribution in [2.24, 2.45) is 5.92 Å². The van der Waals surface area contributed by atoms with E-state index in [2.05, 4.69) is 72.6 Å². The van der Waals surface area contributed by atoms with Crippen molar-refractivity contribution >= 4 is 33.4 Å². The standard InChI is InChI=1S/C53H87N3O16P2/c1-4-5-6-7-8-9-10-11-12-13-16-19-22-25-28-31-34-44(57)36-37-48(58)67-40-45(70-49(59)35-32-29-26-23-20-17-14-15-18-21-24-27-30-33-43(2)3)41-68-73(63,64)72-74(65,66)69-42-46-50(60)51(61)52(71-46)56-39-38-47(54)55-53(56)62/h5-6,8-9,11-12,16,19,25,28,31,34,38-39,43-46,50-52,57,60-61H,4,7,10,13-15,17-18,20-24,26-27,29-30,32-33,35-37,40-42H2,1-3H3,(H,63,64)(H,65,66)(H2,54,55,62)/b6-5-,9-8-,12-11-,19-16-,28-25-,34-31-/t44?,45-,46-,50-,51-,52-/m1/s1. The molecule has 0 amide bonds. The highest BCUT2D eigenvalue weighted by atomic mass is 31.3. The van der Waals surface area contributed by atoms with E-state index in [0.717, 1.165) is 68.0 Å². The number of allylic oxidation sites excluding steroid dienone is 11. The van der Waals surface area contributed by atoms with Gasteiger partial charge in [0.05, 0.1) is 19.3 Å². The molecule has 1 aromatic heterocycles. The minimum absolute atomic E-state index is 0.000875. The van der Waals surface area contributed by atoms with E-state index in [1.165, 1.54) is 69.9 Å². The molecule has 0 bridgehead atoms. The van der Waals surface area contributed by atoms with Crippen molar-refractivity contribution in [3.8, 4) is 0 Å². The number of aliphatic hydroxyl groups is 3. The van der Waals surface area contributed by atoms with Gasteiger partial charge < -0.3 is 45.1 Å². The van der Waals surface area contributed by atoms with Gasteiger partial charge >= 0.3 is 33.3 Å². The molecule has 1 saturated heterocycles. The monoisotopic (exact) mass is 1080 g/mol. The Hall–Kier alpha value is -3.84. The van der Waals surface area contributed by atoms with Crippen LogP contribution >= 0.6 is 15.6 Å². The van der Waals surface area contributed by atoms with E-state index in [4.69, 9.17) is 29.0 Å². The SMILES string of the molecule is CC/C=C\C/C=C\C/C=C\C/C=C\C/C=C\C=C/C(O)CCC(=O)OC[C@H](COP(=O)(O)OP(=O)(O)OC[C@H]1O[C@@H](n2ccc(N)nc2=O)[C@H](O)[C@@H]1O)OC(=O)CCCCCCCCCCCCCCCC(C)C. The average Bonchev–Trinajstić information content (AvgIpc) is 3.62. The molecule has 0 radical (unpaired) electrons. The van der Waals surface area contributed by atoms with Crippen molar-refractivity contribution in [2.45, 2.75) is 199 Å². The number of anilines is 1. The second-order valence-electron chi connectivity index (χ2n) is 18.7. The largest absolute Gasteiger partial charge is 0.481 e. The Balaban J connectivity index is 1.85.